The second kappa shape index (κ2) is 4.35. The fourth-order valence-corrected chi connectivity index (χ4v) is 0.789. The molecule has 0 radical (unpaired) electrons. The van der Waals surface area contributed by atoms with E-state index in [0.29, 0.717) is 5.56 Å². The van der Waals surface area contributed by atoms with Crippen LogP contribution in [0.15, 0.2) is 29.4 Å². The van der Waals surface area contributed by atoms with E-state index >= 15 is 0 Å². The molecule has 0 saturated heterocycles. The molecule has 0 aliphatic heterocycles. The maximum Gasteiger partial charge on any atom is 0.271 e. The lowest BCUT2D eigenvalue weighted by molar-refractivity contribution is 0.0955. The molecule has 1 aromatic carbocycles. The van der Waals surface area contributed by atoms with Crippen LogP contribution in [-0.2, 0) is 0 Å². The Bertz CT molecular complexity index is 319. The van der Waals surface area contributed by atoms with Gasteiger partial charge < -0.3 is 0 Å². The van der Waals surface area contributed by atoms with Gasteiger partial charge in [-0.2, -0.15) is 5.10 Å². The van der Waals surface area contributed by atoms with Crippen LogP contribution in [0.25, 0.3) is 0 Å². The van der Waals surface area contributed by atoms with Crippen LogP contribution >= 0.6 is 0 Å². The molecule has 0 heterocycles. The Morgan fingerprint density at radius 1 is 1.46 bits per heavy atom. The van der Waals surface area contributed by atoms with Gasteiger partial charge in [-0.15, -0.1) is 0 Å². The van der Waals surface area contributed by atoms with Crippen LogP contribution in [0.3, 0.4) is 0 Å². The van der Waals surface area contributed by atoms with Crippen LogP contribution in [-0.4, -0.2) is 12.1 Å². The molecular weight excluding hydrogens is 171 g/mol. The molecule has 68 valence electrons. The van der Waals surface area contributed by atoms with Crippen molar-refractivity contribution in [3.63, 3.8) is 0 Å². The monoisotopic (exact) mass is 180 g/mol. The van der Waals surface area contributed by atoms with E-state index in [2.05, 4.69) is 10.5 Å². The standard InChI is InChI=1S/C9H9FN2O/c1-2-11-12-9(13)7-3-5-8(10)6-4-7/h2-6H,1H3,(H,12,13). The average molecular weight is 180 g/mol. The average Bonchev–Trinajstić information content (AvgIpc) is 2.15. The Labute approximate surface area is 75.3 Å². The molecule has 1 N–H and O–H groups in total. The molecule has 4 heteroatoms. The highest BCUT2D eigenvalue weighted by atomic mass is 19.1. The molecule has 0 saturated carbocycles. The summed E-state index contributed by atoms with van der Waals surface area (Å²) in [5, 5.41) is 3.55. The van der Waals surface area contributed by atoms with Gasteiger partial charge in [-0.25, -0.2) is 9.82 Å². The number of hydrogen-bond donors (Lipinski definition) is 1. The Kier molecular flexibility index (Phi) is 3.14. The second-order valence-electron chi connectivity index (χ2n) is 2.34. The third-order valence-corrected chi connectivity index (χ3v) is 1.40. The first-order valence-corrected chi connectivity index (χ1v) is 3.77. The molecule has 13 heavy (non-hydrogen) atoms. The van der Waals surface area contributed by atoms with Gasteiger partial charge >= 0.3 is 0 Å². The predicted molar refractivity (Wildman–Crippen MR) is 48.0 cm³/mol. The molecule has 0 fully saturated rings. The zero-order chi connectivity index (χ0) is 9.68. The van der Waals surface area contributed by atoms with E-state index in [1.807, 2.05) is 0 Å². The summed E-state index contributed by atoms with van der Waals surface area (Å²) < 4.78 is 12.4. The Morgan fingerprint density at radius 3 is 2.62 bits per heavy atom. The van der Waals surface area contributed by atoms with Crippen molar-refractivity contribution in [3.05, 3.63) is 35.6 Å². The number of rotatable bonds is 2. The Morgan fingerprint density at radius 2 is 2.08 bits per heavy atom. The summed E-state index contributed by atoms with van der Waals surface area (Å²) in [6, 6.07) is 5.25. The van der Waals surface area contributed by atoms with Crippen LogP contribution in [0.2, 0.25) is 0 Å². The smallest absolute Gasteiger partial charge is 0.267 e. The number of nitrogens with one attached hydrogen (secondary N) is 1. The maximum absolute atomic E-state index is 12.4. The zero-order valence-electron chi connectivity index (χ0n) is 7.12. The number of halogens is 1. The van der Waals surface area contributed by atoms with Crippen molar-refractivity contribution in [2.24, 2.45) is 5.10 Å². The summed E-state index contributed by atoms with van der Waals surface area (Å²) in [7, 11) is 0. The quantitative estimate of drug-likeness (QED) is 0.544. The van der Waals surface area contributed by atoms with Crippen molar-refractivity contribution in [1.29, 1.82) is 0 Å². The Hall–Kier alpha value is -1.71. The van der Waals surface area contributed by atoms with E-state index in [9.17, 15) is 9.18 Å². The van der Waals surface area contributed by atoms with Crippen LogP contribution in [0.5, 0.6) is 0 Å². The molecule has 0 aliphatic carbocycles. The molecule has 0 bridgehead atoms. The van der Waals surface area contributed by atoms with Crippen molar-refractivity contribution in [2.45, 2.75) is 6.92 Å². The third kappa shape index (κ3) is 2.66. The zero-order valence-corrected chi connectivity index (χ0v) is 7.12. The number of nitrogens with zero attached hydrogens (tertiary/aromatic N) is 1. The number of hydrogen-bond acceptors (Lipinski definition) is 2. The van der Waals surface area contributed by atoms with Crippen LogP contribution in [0, 0.1) is 5.82 Å². The third-order valence-electron chi connectivity index (χ3n) is 1.40. The summed E-state index contributed by atoms with van der Waals surface area (Å²) in [6.07, 6.45) is 1.46. The van der Waals surface area contributed by atoms with E-state index in [1.165, 1.54) is 30.5 Å². The topological polar surface area (TPSA) is 41.5 Å². The Balaban J connectivity index is 2.72. The highest BCUT2D eigenvalue weighted by Gasteiger charge is 2.02. The van der Waals surface area contributed by atoms with E-state index in [1.54, 1.807) is 6.92 Å². The minimum absolute atomic E-state index is 0.349. The molecule has 1 amide bonds. The minimum Gasteiger partial charge on any atom is -0.267 e. The van der Waals surface area contributed by atoms with Gasteiger partial charge in [0.15, 0.2) is 0 Å². The van der Waals surface area contributed by atoms with Gasteiger partial charge in [-0.1, -0.05) is 0 Å². The molecule has 0 atom stereocenters. The number of amides is 1. The van der Waals surface area contributed by atoms with Crippen molar-refractivity contribution in [2.75, 3.05) is 0 Å². The van der Waals surface area contributed by atoms with Crippen molar-refractivity contribution in [1.82, 2.24) is 5.43 Å². The minimum atomic E-state index is -0.365. The lowest BCUT2D eigenvalue weighted by Crippen LogP contribution is -2.17. The SMILES string of the molecule is CC=NNC(=O)c1ccc(F)cc1. The second-order valence-corrected chi connectivity index (χ2v) is 2.34. The summed E-state index contributed by atoms with van der Waals surface area (Å²) >= 11 is 0. The fourth-order valence-electron chi connectivity index (χ4n) is 0.789. The summed E-state index contributed by atoms with van der Waals surface area (Å²) in [4.78, 5) is 11.2. The summed E-state index contributed by atoms with van der Waals surface area (Å²) in [6.45, 7) is 1.69. The highest BCUT2D eigenvalue weighted by Crippen LogP contribution is 2.01. The molecule has 0 unspecified atom stereocenters. The predicted octanol–water partition coefficient (Wildman–Crippen LogP) is 1.56. The first-order chi connectivity index (χ1) is 6.24. The molecule has 1 rings (SSSR count). The number of benzene rings is 1. The van der Waals surface area contributed by atoms with Gasteiger partial charge in [-0.3, -0.25) is 4.79 Å². The largest absolute Gasteiger partial charge is 0.271 e. The van der Waals surface area contributed by atoms with Crippen LogP contribution in [0.4, 0.5) is 4.39 Å². The van der Waals surface area contributed by atoms with E-state index in [-0.39, 0.29) is 11.7 Å². The van der Waals surface area contributed by atoms with Gasteiger partial charge in [0, 0.05) is 11.8 Å². The molecule has 0 aliphatic rings. The normalized spacial score (nSPS) is 10.3. The van der Waals surface area contributed by atoms with E-state index in [0.717, 1.165) is 0 Å². The van der Waals surface area contributed by atoms with Crippen LogP contribution in [0.1, 0.15) is 17.3 Å². The summed E-state index contributed by atoms with van der Waals surface area (Å²) in [5.41, 5.74) is 2.66. The lowest BCUT2D eigenvalue weighted by Gasteiger charge is -1.98. The number of carbonyl (C=O) groups is 1. The van der Waals surface area contributed by atoms with Gasteiger partial charge in [0.05, 0.1) is 0 Å². The lowest BCUT2D eigenvalue weighted by atomic mass is 10.2. The first-order valence-electron chi connectivity index (χ1n) is 3.77. The number of carbonyl (C=O) groups excluding carboxylic acids is 1. The van der Waals surface area contributed by atoms with Gasteiger partial charge in [0.25, 0.3) is 5.91 Å². The molecule has 0 aromatic heterocycles. The van der Waals surface area contributed by atoms with Crippen molar-refractivity contribution < 1.29 is 9.18 Å². The van der Waals surface area contributed by atoms with Gasteiger partial charge in [-0.05, 0) is 31.2 Å². The summed E-state index contributed by atoms with van der Waals surface area (Å²) in [5.74, 6) is -0.714. The van der Waals surface area contributed by atoms with E-state index < -0.39 is 0 Å². The first kappa shape index (κ1) is 9.38. The highest BCUT2D eigenvalue weighted by molar-refractivity contribution is 5.94. The molecule has 3 nitrogen and oxygen atoms in total. The van der Waals surface area contributed by atoms with Crippen molar-refractivity contribution >= 4 is 12.1 Å². The maximum atomic E-state index is 12.4. The van der Waals surface area contributed by atoms with Gasteiger partial charge in [0.2, 0.25) is 0 Å². The van der Waals surface area contributed by atoms with Gasteiger partial charge in [0.1, 0.15) is 5.82 Å². The number of hydrazone groups is 1. The van der Waals surface area contributed by atoms with Crippen molar-refractivity contribution in [3.8, 4) is 0 Å². The molecular formula is C9H9FN2O. The van der Waals surface area contributed by atoms with E-state index in [4.69, 9.17) is 0 Å². The van der Waals surface area contributed by atoms with Crippen LogP contribution < -0.4 is 5.43 Å². The fraction of sp³-hybridized carbons (Fsp3) is 0.111. The molecule has 1 aromatic rings. The molecule has 0 spiro atoms.